The topological polar surface area (TPSA) is 68.0 Å². The second-order valence-corrected chi connectivity index (χ2v) is 4.15. The smallest absolute Gasteiger partial charge is 0.236 e. The van der Waals surface area contributed by atoms with Crippen molar-refractivity contribution in [2.24, 2.45) is 5.73 Å². The highest BCUT2D eigenvalue weighted by Crippen LogP contribution is 1.99. The SMILES string of the molecule is CCCC[C@H](N)C(=O)NCCc1cccnc1. The molecule has 1 rings (SSSR count). The Hall–Kier alpha value is -1.42. The van der Waals surface area contributed by atoms with Crippen LogP contribution in [-0.2, 0) is 11.2 Å². The third kappa shape index (κ3) is 5.45. The standard InChI is InChI=1S/C13H21N3O/c1-2-3-6-12(14)13(17)16-9-7-11-5-4-8-15-10-11/h4-5,8,10,12H,2-3,6-7,9,14H2,1H3,(H,16,17)/t12-/m0/s1. The number of nitrogens with zero attached hydrogens (tertiary/aromatic N) is 1. The Balaban J connectivity index is 2.20. The Morgan fingerprint density at radius 2 is 2.41 bits per heavy atom. The lowest BCUT2D eigenvalue weighted by Crippen LogP contribution is -2.41. The number of aromatic nitrogens is 1. The lowest BCUT2D eigenvalue weighted by molar-refractivity contribution is -0.122. The molecule has 0 fully saturated rings. The van der Waals surface area contributed by atoms with Crippen LogP contribution in [0.4, 0.5) is 0 Å². The summed E-state index contributed by atoms with van der Waals surface area (Å²) < 4.78 is 0. The molecule has 0 aliphatic rings. The molecule has 1 atom stereocenters. The largest absolute Gasteiger partial charge is 0.354 e. The first-order valence-corrected chi connectivity index (χ1v) is 6.16. The second-order valence-electron chi connectivity index (χ2n) is 4.15. The van der Waals surface area contributed by atoms with E-state index in [-0.39, 0.29) is 11.9 Å². The van der Waals surface area contributed by atoms with Crippen LogP contribution < -0.4 is 11.1 Å². The molecule has 3 N–H and O–H groups in total. The Morgan fingerprint density at radius 3 is 3.06 bits per heavy atom. The van der Waals surface area contributed by atoms with Gasteiger partial charge < -0.3 is 11.1 Å². The van der Waals surface area contributed by atoms with Gasteiger partial charge >= 0.3 is 0 Å². The Labute approximate surface area is 103 Å². The summed E-state index contributed by atoms with van der Waals surface area (Å²) in [6, 6.07) is 3.52. The summed E-state index contributed by atoms with van der Waals surface area (Å²) in [7, 11) is 0. The average Bonchev–Trinajstić information content (AvgIpc) is 2.37. The van der Waals surface area contributed by atoms with E-state index in [1.807, 2.05) is 18.3 Å². The summed E-state index contributed by atoms with van der Waals surface area (Å²) in [4.78, 5) is 15.6. The predicted molar refractivity (Wildman–Crippen MR) is 68.5 cm³/mol. The first kappa shape index (κ1) is 13.6. The predicted octanol–water partition coefficient (Wildman–Crippen LogP) is 1.26. The molecule has 0 aliphatic heterocycles. The maximum atomic E-state index is 11.6. The number of hydrogen-bond donors (Lipinski definition) is 2. The molecule has 4 heteroatoms. The van der Waals surface area contributed by atoms with Crippen molar-refractivity contribution in [2.45, 2.75) is 38.6 Å². The van der Waals surface area contributed by atoms with E-state index in [2.05, 4.69) is 17.2 Å². The molecule has 1 heterocycles. The number of unbranched alkanes of at least 4 members (excludes halogenated alkanes) is 1. The van der Waals surface area contributed by atoms with Gasteiger partial charge in [-0.1, -0.05) is 25.8 Å². The van der Waals surface area contributed by atoms with Gasteiger partial charge in [-0.25, -0.2) is 0 Å². The van der Waals surface area contributed by atoms with Crippen LogP contribution >= 0.6 is 0 Å². The van der Waals surface area contributed by atoms with Crippen molar-refractivity contribution in [3.8, 4) is 0 Å². The fourth-order valence-electron chi connectivity index (χ4n) is 1.56. The van der Waals surface area contributed by atoms with Crippen molar-refractivity contribution in [3.63, 3.8) is 0 Å². The van der Waals surface area contributed by atoms with E-state index in [0.29, 0.717) is 6.54 Å². The van der Waals surface area contributed by atoms with Crippen molar-refractivity contribution >= 4 is 5.91 Å². The van der Waals surface area contributed by atoms with Crippen LogP contribution in [0.2, 0.25) is 0 Å². The highest BCUT2D eigenvalue weighted by Gasteiger charge is 2.11. The molecular formula is C13H21N3O. The Bertz CT molecular complexity index is 327. The average molecular weight is 235 g/mol. The fourth-order valence-corrected chi connectivity index (χ4v) is 1.56. The molecular weight excluding hydrogens is 214 g/mol. The third-order valence-electron chi connectivity index (χ3n) is 2.64. The van der Waals surface area contributed by atoms with Gasteiger partial charge in [-0.15, -0.1) is 0 Å². The van der Waals surface area contributed by atoms with Crippen LogP contribution in [0.15, 0.2) is 24.5 Å². The molecule has 4 nitrogen and oxygen atoms in total. The number of rotatable bonds is 7. The van der Waals surface area contributed by atoms with Crippen LogP contribution in [0.3, 0.4) is 0 Å². The molecule has 0 saturated carbocycles. The van der Waals surface area contributed by atoms with E-state index in [1.54, 1.807) is 6.20 Å². The molecule has 0 bridgehead atoms. The van der Waals surface area contributed by atoms with Crippen molar-refractivity contribution in [3.05, 3.63) is 30.1 Å². The van der Waals surface area contributed by atoms with Crippen LogP contribution in [0, 0.1) is 0 Å². The number of carbonyl (C=O) groups excluding carboxylic acids is 1. The maximum Gasteiger partial charge on any atom is 0.236 e. The van der Waals surface area contributed by atoms with Gasteiger partial charge in [-0.05, 0) is 24.5 Å². The molecule has 0 radical (unpaired) electrons. The zero-order valence-electron chi connectivity index (χ0n) is 10.4. The molecule has 0 aliphatic carbocycles. The van der Waals surface area contributed by atoms with Gasteiger partial charge in [0.2, 0.25) is 5.91 Å². The van der Waals surface area contributed by atoms with Gasteiger partial charge in [0, 0.05) is 18.9 Å². The van der Waals surface area contributed by atoms with Gasteiger partial charge in [0.25, 0.3) is 0 Å². The second kappa shape index (κ2) is 7.79. The van der Waals surface area contributed by atoms with E-state index < -0.39 is 0 Å². The summed E-state index contributed by atoms with van der Waals surface area (Å²) in [6.07, 6.45) is 7.16. The van der Waals surface area contributed by atoms with Gasteiger partial charge in [0.15, 0.2) is 0 Å². The van der Waals surface area contributed by atoms with Gasteiger partial charge in [0.1, 0.15) is 0 Å². The minimum absolute atomic E-state index is 0.0534. The summed E-state index contributed by atoms with van der Waals surface area (Å²) in [6.45, 7) is 2.71. The van der Waals surface area contributed by atoms with Crippen molar-refractivity contribution < 1.29 is 4.79 Å². The number of amides is 1. The van der Waals surface area contributed by atoms with Gasteiger partial charge in [0.05, 0.1) is 6.04 Å². The minimum atomic E-state index is -0.371. The molecule has 0 unspecified atom stereocenters. The number of nitrogens with two attached hydrogens (primary N) is 1. The summed E-state index contributed by atoms with van der Waals surface area (Å²) in [5.41, 5.74) is 6.88. The van der Waals surface area contributed by atoms with E-state index in [1.165, 1.54) is 0 Å². The van der Waals surface area contributed by atoms with E-state index in [4.69, 9.17) is 5.73 Å². The third-order valence-corrected chi connectivity index (χ3v) is 2.64. The minimum Gasteiger partial charge on any atom is -0.354 e. The number of pyridine rings is 1. The van der Waals surface area contributed by atoms with E-state index >= 15 is 0 Å². The zero-order valence-corrected chi connectivity index (χ0v) is 10.4. The molecule has 1 amide bonds. The van der Waals surface area contributed by atoms with Crippen molar-refractivity contribution in [2.75, 3.05) is 6.54 Å². The zero-order chi connectivity index (χ0) is 12.5. The molecule has 0 saturated heterocycles. The maximum absolute atomic E-state index is 11.6. The fraction of sp³-hybridized carbons (Fsp3) is 0.538. The van der Waals surface area contributed by atoms with Gasteiger partial charge in [-0.3, -0.25) is 9.78 Å². The first-order chi connectivity index (χ1) is 8.24. The Kier molecular flexibility index (Phi) is 6.25. The van der Waals surface area contributed by atoms with Crippen LogP contribution in [-0.4, -0.2) is 23.5 Å². The number of carbonyl (C=O) groups is 1. The van der Waals surface area contributed by atoms with Crippen LogP contribution in [0.1, 0.15) is 31.7 Å². The molecule has 17 heavy (non-hydrogen) atoms. The normalized spacial score (nSPS) is 12.1. The summed E-state index contributed by atoms with van der Waals surface area (Å²) >= 11 is 0. The lowest BCUT2D eigenvalue weighted by Gasteiger charge is -2.11. The quantitative estimate of drug-likeness (QED) is 0.747. The lowest BCUT2D eigenvalue weighted by atomic mass is 10.1. The molecule has 1 aromatic rings. The highest BCUT2D eigenvalue weighted by atomic mass is 16.2. The number of nitrogens with one attached hydrogen (secondary N) is 1. The van der Waals surface area contributed by atoms with Gasteiger partial charge in [-0.2, -0.15) is 0 Å². The van der Waals surface area contributed by atoms with Crippen LogP contribution in [0.5, 0.6) is 0 Å². The molecule has 0 aromatic carbocycles. The summed E-state index contributed by atoms with van der Waals surface area (Å²) in [5, 5.41) is 2.85. The van der Waals surface area contributed by atoms with E-state index in [0.717, 1.165) is 31.2 Å². The van der Waals surface area contributed by atoms with Crippen molar-refractivity contribution in [1.82, 2.24) is 10.3 Å². The van der Waals surface area contributed by atoms with E-state index in [9.17, 15) is 4.79 Å². The van der Waals surface area contributed by atoms with Crippen LogP contribution in [0.25, 0.3) is 0 Å². The molecule has 0 spiro atoms. The number of hydrogen-bond acceptors (Lipinski definition) is 3. The highest BCUT2D eigenvalue weighted by molar-refractivity contribution is 5.81. The molecule has 1 aromatic heterocycles. The monoisotopic (exact) mass is 235 g/mol. The Morgan fingerprint density at radius 1 is 1.59 bits per heavy atom. The van der Waals surface area contributed by atoms with Crippen molar-refractivity contribution in [1.29, 1.82) is 0 Å². The molecule has 94 valence electrons. The summed E-state index contributed by atoms with van der Waals surface area (Å²) in [5.74, 6) is -0.0534. The first-order valence-electron chi connectivity index (χ1n) is 6.16.